The van der Waals surface area contributed by atoms with Gasteiger partial charge in [0.05, 0.1) is 17.6 Å². The van der Waals surface area contributed by atoms with Gasteiger partial charge >= 0.3 is 0 Å². The molecule has 4 nitrogen and oxygen atoms in total. The van der Waals surface area contributed by atoms with Crippen LogP contribution in [0, 0.1) is 5.92 Å². The maximum atomic E-state index is 12.2. The first-order chi connectivity index (χ1) is 14.7. The van der Waals surface area contributed by atoms with Gasteiger partial charge in [0, 0.05) is 12.6 Å². The number of aryl methyl sites for hydroxylation is 1. The summed E-state index contributed by atoms with van der Waals surface area (Å²) in [4.78, 5) is 4.91. The van der Waals surface area contributed by atoms with Gasteiger partial charge in [-0.1, -0.05) is 60.7 Å². The molecule has 4 aromatic rings. The average molecular weight is 399 g/mol. The van der Waals surface area contributed by atoms with Crippen molar-refractivity contribution in [2.45, 2.75) is 31.9 Å². The molecule has 0 unspecified atom stereocenters. The Hall–Kier alpha value is -3.11. The highest BCUT2D eigenvalue weighted by Crippen LogP contribution is 2.38. The molecule has 1 saturated carbocycles. The number of aliphatic hydroxyl groups is 1. The van der Waals surface area contributed by atoms with Crippen LogP contribution in [0.3, 0.4) is 0 Å². The molecule has 4 heteroatoms. The molecule has 1 fully saturated rings. The van der Waals surface area contributed by atoms with Crippen LogP contribution in [0.5, 0.6) is 5.75 Å². The standard InChI is InChI=1S/C26H26N2O2/c1-2-28-24-17-22(30-18-19-13-14-19)15-16-23(24)27-25(28)26(29,20-9-5-3-6-10-20)21-11-7-4-8-12-21/h3-12,15-17,19,29H,2,13-14,18H2,1H3. The Labute approximate surface area is 176 Å². The lowest BCUT2D eigenvalue weighted by Gasteiger charge is -2.29. The molecule has 0 spiro atoms. The van der Waals surface area contributed by atoms with Crippen molar-refractivity contribution in [3.63, 3.8) is 0 Å². The minimum Gasteiger partial charge on any atom is -0.493 e. The third-order valence-corrected chi connectivity index (χ3v) is 5.93. The van der Waals surface area contributed by atoms with E-state index in [0.717, 1.165) is 34.5 Å². The normalized spacial score (nSPS) is 14.2. The summed E-state index contributed by atoms with van der Waals surface area (Å²) in [6, 6.07) is 25.6. The minimum absolute atomic E-state index is 0.622. The highest BCUT2D eigenvalue weighted by Gasteiger charge is 2.38. The number of nitrogens with zero attached hydrogens (tertiary/aromatic N) is 2. The number of hydrogen-bond donors (Lipinski definition) is 1. The molecule has 0 radical (unpaired) electrons. The first kappa shape index (κ1) is 18.9. The smallest absolute Gasteiger partial charge is 0.173 e. The molecule has 0 amide bonds. The van der Waals surface area contributed by atoms with Crippen molar-refractivity contribution in [3.05, 3.63) is 95.8 Å². The van der Waals surface area contributed by atoms with Crippen molar-refractivity contribution in [2.75, 3.05) is 6.61 Å². The molecule has 152 valence electrons. The van der Waals surface area contributed by atoms with Crippen LogP contribution < -0.4 is 4.74 Å². The molecule has 1 aromatic heterocycles. The lowest BCUT2D eigenvalue weighted by Crippen LogP contribution is -2.32. The van der Waals surface area contributed by atoms with Gasteiger partial charge in [-0.05, 0) is 48.9 Å². The van der Waals surface area contributed by atoms with Gasteiger partial charge in [-0.25, -0.2) is 4.98 Å². The molecule has 0 saturated heterocycles. The minimum atomic E-state index is -1.35. The van der Waals surface area contributed by atoms with Gasteiger partial charge < -0.3 is 14.4 Å². The average Bonchev–Trinajstić information content (AvgIpc) is 3.57. The highest BCUT2D eigenvalue weighted by atomic mass is 16.5. The van der Waals surface area contributed by atoms with E-state index in [1.54, 1.807) is 0 Å². The zero-order valence-corrected chi connectivity index (χ0v) is 17.2. The lowest BCUT2D eigenvalue weighted by molar-refractivity contribution is 0.112. The summed E-state index contributed by atoms with van der Waals surface area (Å²) in [6.45, 7) is 3.55. The Kier molecular flexibility index (Phi) is 4.80. The van der Waals surface area contributed by atoms with Crippen molar-refractivity contribution in [2.24, 2.45) is 5.92 Å². The molecule has 0 bridgehead atoms. The van der Waals surface area contributed by atoms with E-state index in [2.05, 4.69) is 11.5 Å². The molecule has 0 aliphatic heterocycles. The second-order valence-corrected chi connectivity index (χ2v) is 8.03. The maximum absolute atomic E-state index is 12.2. The van der Waals surface area contributed by atoms with Crippen LogP contribution in [-0.4, -0.2) is 21.3 Å². The summed E-state index contributed by atoms with van der Waals surface area (Å²) in [5.74, 6) is 2.18. The predicted octanol–water partition coefficient (Wildman–Crippen LogP) is 5.13. The summed E-state index contributed by atoms with van der Waals surface area (Å²) >= 11 is 0. The Morgan fingerprint density at radius 2 is 1.60 bits per heavy atom. The molecule has 1 aliphatic rings. The molecule has 1 N–H and O–H groups in total. The number of rotatable bonds is 7. The lowest BCUT2D eigenvalue weighted by atomic mass is 9.85. The van der Waals surface area contributed by atoms with Crippen molar-refractivity contribution in [1.82, 2.24) is 9.55 Å². The number of hydrogen-bond acceptors (Lipinski definition) is 3. The van der Waals surface area contributed by atoms with Gasteiger partial charge in [0.1, 0.15) is 5.75 Å². The number of aromatic nitrogens is 2. The van der Waals surface area contributed by atoms with Crippen molar-refractivity contribution < 1.29 is 9.84 Å². The summed E-state index contributed by atoms with van der Waals surface area (Å²) in [5.41, 5.74) is 2.08. The van der Waals surface area contributed by atoms with E-state index in [1.807, 2.05) is 78.9 Å². The number of ether oxygens (including phenoxy) is 1. The Bertz CT molecular complexity index is 1110. The summed E-state index contributed by atoms with van der Waals surface area (Å²) < 4.78 is 8.09. The summed E-state index contributed by atoms with van der Waals surface area (Å²) in [5, 5.41) is 12.2. The zero-order valence-electron chi connectivity index (χ0n) is 17.2. The van der Waals surface area contributed by atoms with Crippen LogP contribution in [0.15, 0.2) is 78.9 Å². The maximum Gasteiger partial charge on any atom is 0.173 e. The van der Waals surface area contributed by atoms with Crippen LogP contribution in [-0.2, 0) is 12.1 Å². The third-order valence-electron chi connectivity index (χ3n) is 5.93. The van der Waals surface area contributed by atoms with E-state index >= 15 is 0 Å². The summed E-state index contributed by atoms with van der Waals surface area (Å²) in [6.07, 6.45) is 2.53. The van der Waals surface area contributed by atoms with Crippen LogP contribution >= 0.6 is 0 Å². The predicted molar refractivity (Wildman–Crippen MR) is 119 cm³/mol. The van der Waals surface area contributed by atoms with Crippen LogP contribution in [0.2, 0.25) is 0 Å². The topological polar surface area (TPSA) is 47.3 Å². The van der Waals surface area contributed by atoms with Gasteiger partial charge in [0.25, 0.3) is 0 Å². The first-order valence-electron chi connectivity index (χ1n) is 10.7. The van der Waals surface area contributed by atoms with Crippen molar-refractivity contribution in [1.29, 1.82) is 0 Å². The molecule has 0 atom stereocenters. The van der Waals surface area contributed by atoms with Gasteiger partial charge in [-0.2, -0.15) is 0 Å². The number of benzene rings is 3. The Morgan fingerprint density at radius 1 is 0.967 bits per heavy atom. The second-order valence-electron chi connectivity index (χ2n) is 8.03. The van der Waals surface area contributed by atoms with Crippen molar-refractivity contribution in [3.8, 4) is 5.75 Å². The van der Waals surface area contributed by atoms with E-state index in [1.165, 1.54) is 12.8 Å². The van der Waals surface area contributed by atoms with E-state index in [9.17, 15) is 5.11 Å². The zero-order chi connectivity index (χ0) is 20.6. The molecule has 30 heavy (non-hydrogen) atoms. The van der Waals surface area contributed by atoms with Gasteiger partial charge in [0.2, 0.25) is 0 Å². The first-order valence-corrected chi connectivity index (χ1v) is 10.7. The molecule has 5 rings (SSSR count). The van der Waals surface area contributed by atoms with E-state index in [-0.39, 0.29) is 0 Å². The molecule has 3 aromatic carbocycles. The molecular formula is C26H26N2O2. The van der Waals surface area contributed by atoms with Crippen LogP contribution in [0.25, 0.3) is 11.0 Å². The quantitative estimate of drug-likeness (QED) is 0.469. The Morgan fingerprint density at radius 3 is 2.17 bits per heavy atom. The van der Waals surface area contributed by atoms with E-state index in [4.69, 9.17) is 9.72 Å². The Balaban J connectivity index is 1.68. The largest absolute Gasteiger partial charge is 0.493 e. The van der Waals surface area contributed by atoms with E-state index in [0.29, 0.717) is 18.3 Å². The SMILES string of the molecule is CCn1c(C(O)(c2ccccc2)c2ccccc2)nc2ccc(OCC3CC3)cc21. The van der Waals surface area contributed by atoms with E-state index < -0.39 is 5.60 Å². The van der Waals surface area contributed by atoms with Gasteiger partial charge in [-0.15, -0.1) is 0 Å². The van der Waals surface area contributed by atoms with Crippen LogP contribution in [0.1, 0.15) is 36.7 Å². The van der Waals surface area contributed by atoms with Gasteiger partial charge in [-0.3, -0.25) is 0 Å². The number of fused-ring (bicyclic) bond motifs is 1. The van der Waals surface area contributed by atoms with Gasteiger partial charge in [0.15, 0.2) is 11.4 Å². The molecule has 1 aliphatic carbocycles. The number of imidazole rings is 1. The third kappa shape index (κ3) is 3.27. The second kappa shape index (κ2) is 7.62. The van der Waals surface area contributed by atoms with Crippen molar-refractivity contribution >= 4 is 11.0 Å². The fourth-order valence-electron chi connectivity index (χ4n) is 4.07. The van der Waals surface area contributed by atoms with Crippen LogP contribution in [0.4, 0.5) is 0 Å². The molecule has 1 heterocycles. The highest BCUT2D eigenvalue weighted by molar-refractivity contribution is 5.78. The summed E-state index contributed by atoms with van der Waals surface area (Å²) in [7, 11) is 0. The monoisotopic (exact) mass is 398 g/mol. The fraction of sp³-hybridized carbons (Fsp3) is 0.269. The molecular weight excluding hydrogens is 372 g/mol. The fourth-order valence-corrected chi connectivity index (χ4v) is 4.07.